The van der Waals surface area contributed by atoms with Crippen molar-refractivity contribution >= 4 is 17.4 Å². The third-order valence-corrected chi connectivity index (χ3v) is 2.56. The fourth-order valence-electron chi connectivity index (χ4n) is 0.960. The van der Waals surface area contributed by atoms with Crippen LogP contribution in [-0.2, 0) is 0 Å². The lowest BCUT2D eigenvalue weighted by Gasteiger charge is -1.99. The highest BCUT2D eigenvalue weighted by Gasteiger charge is 2.05. The predicted molar refractivity (Wildman–Crippen MR) is 54.0 cm³/mol. The second-order valence-corrected chi connectivity index (χ2v) is 3.76. The molecule has 2 rings (SSSR count). The molecule has 14 heavy (non-hydrogen) atoms. The Morgan fingerprint density at radius 1 is 1.50 bits per heavy atom. The number of pyridine rings is 1. The molecule has 2 N–H and O–H groups in total. The molecule has 0 saturated heterocycles. The van der Waals surface area contributed by atoms with Crippen molar-refractivity contribution in [3.05, 3.63) is 30.4 Å². The summed E-state index contributed by atoms with van der Waals surface area (Å²) in [6.45, 7) is 1.88. The van der Waals surface area contributed by atoms with E-state index >= 15 is 0 Å². The Labute approximate surface area is 85.6 Å². The fraction of sp³-hybridized carbons (Fsp3) is 0.111. The number of nitrogens with zero attached hydrogens (tertiary/aromatic N) is 2. The van der Waals surface area contributed by atoms with Crippen LogP contribution in [0.1, 0.15) is 5.69 Å². The van der Waals surface area contributed by atoms with E-state index in [4.69, 9.17) is 10.2 Å². The van der Waals surface area contributed by atoms with Gasteiger partial charge in [0.2, 0.25) is 0 Å². The molecule has 0 aliphatic heterocycles. The molecule has 72 valence electrons. The molecule has 4 nitrogen and oxygen atoms in total. The van der Waals surface area contributed by atoms with Crippen LogP contribution < -0.4 is 5.73 Å². The fourth-order valence-corrected chi connectivity index (χ4v) is 1.73. The van der Waals surface area contributed by atoms with Gasteiger partial charge in [-0.1, -0.05) is 0 Å². The lowest BCUT2D eigenvalue weighted by molar-refractivity contribution is 0.454. The van der Waals surface area contributed by atoms with Crippen LogP contribution in [0.15, 0.2) is 39.3 Å². The number of nitrogens with two attached hydrogens (primary N) is 1. The summed E-state index contributed by atoms with van der Waals surface area (Å²) in [5.41, 5.74) is 7.22. The predicted octanol–water partition coefficient (Wildman–Crippen LogP) is 2.11. The summed E-state index contributed by atoms with van der Waals surface area (Å²) >= 11 is 1.39. The lowest BCUT2D eigenvalue weighted by atomic mass is 10.4. The summed E-state index contributed by atoms with van der Waals surface area (Å²) in [4.78, 5) is 8.97. The molecule has 0 fully saturated rings. The molecule has 5 heteroatoms. The third kappa shape index (κ3) is 1.88. The molecule has 0 saturated carbocycles. The molecule has 0 aliphatic rings. The second-order valence-electron chi connectivity index (χ2n) is 2.77. The van der Waals surface area contributed by atoms with Gasteiger partial charge in [-0.3, -0.25) is 4.98 Å². The molecule has 0 aliphatic carbocycles. The Bertz CT molecular complexity index is 441. The van der Waals surface area contributed by atoms with Gasteiger partial charge in [-0.15, -0.1) is 0 Å². The highest BCUT2D eigenvalue weighted by atomic mass is 32.2. The molecular weight excluding hydrogens is 198 g/mol. The Morgan fingerprint density at radius 3 is 3.00 bits per heavy atom. The van der Waals surface area contributed by atoms with Crippen LogP contribution in [0.3, 0.4) is 0 Å². The molecule has 2 heterocycles. The number of anilines is 1. The van der Waals surface area contributed by atoms with Crippen LogP contribution in [0.25, 0.3) is 0 Å². The Kier molecular flexibility index (Phi) is 2.41. The Hall–Kier alpha value is -1.49. The van der Waals surface area contributed by atoms with E-state index in [1.54, 1.807) is 18.7 Å². The summed E-state index contributed by atoms with van der Waals surface area (Å²) in [5.74, 6) is 0. The molecule has 0 radical (unpaired) electrons. The van der Waals surface area contributed by atoms with Crippen molar-refractivity contribution in [2.24, 2.45) is 0 Å². The van der Waals surface area contributed by atoms with E-state index < -0.39 is 0 Å². The number of rotatable bonds is 2. The smallest absolute Gasteiger partial charge is 0.260 e. The molecule has 0 bridgehead atoms. The van der Waals surface area contributed by atoms with Crippen molar-refractivity contribution in [1.29, 1.82) is 0 Å². The highest BCUT2D eigenvalue weighted by molar-refractivity contribution is 7.99. The quantitative estimate of drug-likeness (QED) is 0.817. The summed E-state index contributed by atoms with van der Waals surface area (Å²) < 4.78 is 5.20. The third-order valence-electron chi connectivity index (χ3n) is 1.61. The van der Waals surface area contributed by atoms with Crippen LogP contribution in [0, 0.1) is 6.92 Å². The summed E-state index contributed by atoms with van der Waals surface area (Å²) in [5, 5.41) is 0.598. The first-order valence-corrected chi connectivity index (χ1v) is 4.87. The minimum Gasteiger partial charge on any atom is -0.439 e. The number of oxazole rings is 1. The van der Waals surface area contributed by atoms with E-state index in [0.29, 0.717) is 10.9 Å². The van der Waals surface area contributed by atoms with Gasteiger partial charge in [0.15, 0.2) is 0 Å². The first kappa shape index (κ1) is 9.08. The van der Waals surface area contributed by atoms with Gasteiger partial charge in [0.1, 0.15) is 6.26 Å². The summed E-state index contributed by atoms with van der Waals surface area (Å²) in [6, 6.07) is 1.83. The zero-order valence-corrected chi connectivity index (χ0v) is 8.41. The first-order valence-electron chi connectivity index (χ1n) is 4.05. The van der Waals surface area contributed by atoms with E-state index in [-0.39, 0.29) is 0 Å². The average molecular weight is 207 g/mol. The first-order chi connectivity index (χ1) is 6.75. The maximum absolute atomic E-state index is 5.72. The van der Waals surface area contributed by atoms with E-state index in [0.717, 1.165) is 10.6 Å². The van der Waals surface area contributed by atoms with E-state index in [2.05, 4.69) is 9.97 Å². The summed E-state index contributed by atoms with van der Waals surface area (Å²) in [7, 11) is 0. The Morgan fingerprint density at radius 2 is 2.36 bits per heavy atom. The normalized spacial score (nSPS) is 10.4. The van der Waals surface area contributed by atoms with Gasteiger partial charge in [0.05, 0.1) is 17.6 Å². The van der Waals surface area contributed by atoms with Crippen molar-refractivity contribution < 1.29 is 4.42 Å². The Balaban J connectivity index is 2.23. The minimum absolute atomic E-state index is 0.598. The average Bonchev–Trinajstić information content (AvgIpc) is 2.56. The van der Waals surface area contributed by atoms with Gasteiger partial charge in [-0.25, -0.2) is 4.98 Å². The van der Waals surface area contributed by atoms with Crippen LogP contribution in [0.4, 0.5) is 5.69 Å². The monoisotopic (exact) mass is 207 g/mol. The van der Waals surface area contributed by atoms with Gasteiger partial charge in [-0.2, -0.15) is 0 Å². The van der Waals surface area contributed by atoms with Crippen molar-refractivity contribution in [3.63, 3.8) is 0 Å². The largest absolute Gasteiger partial charge is 0.439 e. The van der Waals surface area contributed by atoms with Crippen molar-refractivity contribution in [3.8, 4) is 0 Å². The van der Waals surface area contributed by atoms with Gasteiger partial charge >= 0.3 is 0 Å². The summed E-state index contributed by atoms with van der Waals surface area (Å²) in [6.07, 6.45) is 4.91. The SMILES string of the molecule is Cc1coc(Sc2ccncc2N)n1. The molecule has 0 aromatic carbocycles. The van der Waals surface area contributed by atoms with Gasteiger partial charge in [0.25, 0.3) is 5.22 Å². The second kappa shape index (κ2) is 3.71. The zero-order chi connectivity index (χ0) is 9.97. The van der Waals surface area contributed by atoms with Gasteiger partial charge < -0.3 is 10.2 Å². The molecule has 0 spiro atoms. The minimum atomic E-state index is 0.598. The van der Waals surface area contributed by atoms with Gasteiger partial charge in [0, 0.05) is 11.1 Å². The van der Waals surface area contributed by atoms with Crippen LogP contribution >= 0.6 is 11.8 Å². The maximum atomic E-state index is 5.72. The topological polar surface area (TPSA) is 64.9 Å². The van der Waals surface area contributed by atoms with Crippen molar-refractivity contribution in [1.82, 2.24) is 9.97 Å². The van der Waals surface area contributed by atoms with E-state index in [1.165, 1.54) is 11.8 Å². The zero-order valence-electron chi connectivity index (χ0n) is 7.60. The molecular formula is C9H9N3OS. The molecule has 0 atom stereocenters. The van der Waals surface area contributed by atoms with Crippen LogP contribution in [0.2, 0.25) is 0 Å². The van der Waals surface area contributed by atoms with Crippen molar-refractivity contribution in [2.75, 3.05) is 5.73 Å². The van der Waals surface area contributed by atoms with Crippen LogP contribution in [0.5, 0.6) is 0 Å². The number of aromatic nitrogens is 2. The number of nitrogen functional groups attached to an aromatic ring is 1. The van der Waals surface area contributed by atoms with Crippen LogP contribution in [-0.4, -0.2) is 9.97 Å². The maximum Gasteiger partial charge on any atom is 0.260 e. The van der Waals surface area contributed by atoms with E-state index in [1.807, 2.05) is 13.0 Å². The lowest BCUT2D eigenvalue weighted by Crippen LogP contribution is -1.88. The number of hydrogen-bond donors (Lipinski definition) is 1. The molecule has 0 unspecified atom stereocenters. The van der Waals surface area contributed by atoms with Gasteiger partial charge in [-0.05, 0) is 24.8 Å². The standard InChI is InChI=1S/C9H9N3OS/c1-6-5-13-9(12-6)14-8-2-3-11-4-7(8)10/h2-5H,10H2,1H3. The molecule has 2 aromatic rings. The molecule has 0 amide bonds. The number of aryl methyl sites for hydroxylation is 1. The van der Waals surface area contributed by atoms with E-state index in [9.17, 15) is 0 Å². The van der Waals surface area contributed by atoms with Crippen molar-refractivity contribution in [2.45, 2.75) is 17.0 Å². The number of hydrogen-bond acceptors (Lipinski definition) is 5. The molecule has 2 aromatic heterocycles. The highest BCUT2D eigenvalue weighted by Crippen LogP contribution is 2.30.